The van der Waals surface area contributed by atoms with Crippen LogP contribution >= 0.6 is 23.2 Å². The van der Waals surface area contributed by atoms with Crippen molar-refractivity contribution in [3.8, 4) is 11.3 Å². The molecular weight excluding hydrogens is 541 g/mol. The minimum absolute atomic E-state index is 0.0939. The standard InChI is InChI=1S/C28H33Cl2N5O4/c1-4-21-26(19-11-10-18(29)15-20(19)30)31-22(5-2)27(32-21)33-23-16-35(17-24(23)38-6-3)28(37)39-14-13-34-12-8-7-9-25(34)36/h7-12,15,23-24H,4-6,13-14,16-17H2,1-3H3,(H,32,33)/t23-,24+/m1/s1. The fourth-order valence-corrected chi connectivity index (χ4v) is 5.10. The van der Waals surface area contributed by atoms with Gasteiger partial charge in [-0.2, -0.15) is 0 Å². The number of nitrogens with zero attached hydrogens (tertiary/aromatic N) is 4. The van der Waals surface area contributed by atoms with Crippen LogP contribution in [-0.2, 0) is 28.9 Å². The van der Waals surface area contributed by atoms with Crippen molar-refractivity contribution in [3.63, 3.8) is 0 Å². The van der Waals surface area contributed by atoms with Crippen molar-refractivity contribution in [2.45, 2.75) is 52.3 Å². The normalized spacial score (nSPS) is 16.9. The summed E-state index contributed by atoms with van der Waals surface area (Å²) in [5, 5.41) is 4.58. The summed E-state index contributed by atoms with van der Waals surface area (Å²) < 4.78 is 12.9. The van der Waals surface area contributed by atoms with Gasteiger partial charge in [0.05, 0.1) is 47.3 Å². The summed E-state index contributed by atoms with van der Waals surface area (Å²) in [5.41, 5.74) is 2.97. The highest BCUT2D eigenvalue weighted by atomic mass is 35.5. The molecule has 2 aromatic heterocycles. The number of rotatable bonds is 10. The summed E-state index contributed by atoms with van der Waals surface area (Å²) in [6.07, 6.45) is 2.27. The lowest BCUT2D eigenvalue weighted by atomic mass is 10.1. The Morgan fingerprint density at radius 3 is 2.56 bits per heavy atom. The number of hydrogen-bond acceptors (Lipinski definition) is 7. The van der Waals surface area contributed by atoms with Gasteiger partial charge in [0.25, 0.3) is 5.56 Å². The summed E-state index contributed by atoms with van der Waals surface area (Å²) in [6, 6.07) is 10.1. The summed E-state index contributed by atoms with van der Waals surface area (Å²) in [6.45, 7) is 7.61. The second-order valence-electron chi connectivity index (χ2n) is 9.14. The number of aryl methyl sites for hydroxylation is 2. The van der Waals surface area contributed by atoms with Gasteiger partial charge in [0.1, 0.15) is 12.4 Å². The van der Waals surface area contributed by atoms with E-state index in [4.69, 9.17) is 42.6 Å². The van der Waals surface area contributed by atoms with E-state index in [9.17, 15) is 9.59 Å². The number of aromatic nitrogens is 3. The molecule has 1 aliphatic rings. The average molecular weight is 575 g/mol. The molecule has 1 fully saturated rings. The Balaban J connectivity index is 1.49. The molecule has 1 aliphatic heterocycles. The lowest BCUT2D eigenvalue weighted by Crippen LogP contribution is -2.35. The van der Waals surface area contributed by atoms with E-state index < -0.39 is 6.09 Å². The minimum atomic E-state index is -0.447. The summed E-state index contributed by atoms with van der Waals surface area (Å²) >= 11 is 12.6. The van der Waals surface area contributed by atoms with E-state index in [0.717, 1.165) is 22.6 Å². The van der Waals surface area contributed by atoms with E-state index in [1.807, 2.05) is 26.8 Å². The number of halogens is 2. The molecular formula is C28H33Cl2N5O4. The van der Waals surface area contributed by atoms with Crippen LogP contribution in [-0.4, -0.2) is 64.0 Å². The topological polar surface area (TPSA) is 98.6 Å². The largest absolute Gasteiger partial charge is 0.448 e. The maximum atomic E-state index is 12.8. The molecule has 3 aromatic rings. The van der Waals surface area contributed by atoms with Gasteiger partial charge >= 0.3 is 6.09 Å². The van der Waals surface area contributed by atoms with E-state index in [0.29, 0.717) is 48.4 Å². The van der Waals surface area contributed by atoms with Gasteiger partial charge in [0.2, 0.25) is 0 Å². The molecule has 0 radical (unpaired) electrons. The Morgan fingerprint density at radius 1 is 1.08 bits per heavy atom. The fraction of sp³-hybridized carbons (Fsp3) is 0.429. The van der Waals surface area contributed by atoms with Crippen LogP contribution < -0.4 is 10.9 Å². The Hall–Kier alpha value is -3.14. The monoisotopic (exact) mass is 573 g/mol. The Labute approximate surface area is 238 Å². The highest BCUT2D eigenvalue weighted by Crippen LogP contribution is 2.33. The third kappa shape index (κ3) is 6.90. The number of carbonyl (C=O) groups excluding carboxylic acids is 1. The molecule has 11 heteroatoms. The van der Waals surface area contributed by atoms with Crippen LogP contribution in [0.4, 0.5) is 10.6 Å². The first-order chi connectivity index (χ1) is 18.8. The molecule has 0 spiro atoms. The maximum absolute atomic E-state index is 12.8. The first-order valence-electron chi connectivity index (χ1n) is 13.1. The van der Waals surface area contributed by atoms with E-state index in [-0.39, 0.29) is 30.9 Å². The van der Waals surface area contributed by atoms with Gasteiger partial charge in [0, 0.05) is 36.0 Å². The molecule has 0 aliphatic carbocycles. The molecule has 0 unspecified atom stereocenters. The molecule has 1 saturated heterocycles. The molecule has 1 N–H and O–H groups in total. The van der Waals surface area contributed by atoms with Crippen LogP contribution in [0.15, 0.2) is 47.4 Å². The predicted octanol–water partition coefficient (Wildman–Crippen LogP) is 5.07. The van der Waals surface area contributed by atoms with Gasteiger partial charge in [0.15, 0.2) is 0 Å². The number of ether oxygens (including phenoxy) is 2. The number of benzene rings is 1. The number of anilines is 1. The van der Waals surface area contributed by atoms with Crippen LogP contribution in [0.3, 0.4) is 0 Å². The number of pyridine rings is 1. The second-order valence-corrected chi connectivity index (χ2v) is 9.99. The van der Waals surface area contributed by atoms with Crippen molar-refractivity contribution in [2.75, 3.05) is 31.6 Å². The fourth-order valence-electron chi connectivity index (χ4n) is 4.60. The minimum Gasteiger partial charge on any atom is -0.448 e. The van der Waals surface area contributed by atoms with Crippen molar-refractivity contribution in [1.29, 1.82) is 0 Å². The number of likely N-dealkylation sites (tertiary alicyclic amines) is 1. The van der Waals surface area contributed by atoms with Crippen LogP contribution in [0, 0.1) is 0 Å². The van der Waals surface area contributed by atoms with Crippen molar-refractivity contribution < 1.29 is 14.3 Å². The molecule has 0 bridgehead atoms. The van der Waals surface area contributed by atoms with Crippen LogP contribution in [0.2, 0.25) is 10.0 Å². The van der Waals surface area contributed by atoms with Gasteiger partial charge in [-0.25, -0.2) is 14.8 Å². The molecule has 39 heavy (non-hydrogen) atoms. The smallest absolute Gasteiger partial charge is 0.409 e. The van der Waals surface area contributed by atoms with Gasteiger partial charge in [-0.05, 0) is 44.0 Å². The third-order valence-electron chi connectivity index (χ3n) is 6.58. The van der Waals surface area contributed by atoms with Crippen LogP contribution in [0.1, 0.15) is 32.2 Å². The van der Waals surface area contributed by atoms with E-state index in [2.05, 4.69) is 5.32 Å². The SMILES string of the molecule is CCO[C@H]1CN(C(=O)OCCn2ccccc2=O)C[C@H]1Nc1nc(CC)c(-c2ccc(Cl)cc2Cl)nc1CC. The van der Waals surface area contributed by atoms with Crippen LogP contribution in [0.5, 0.6) is 0 Å². The summed E-state index contributed by atoms with van der Waals surface area (Å²) in [7, 11) is 0. The molecule has 1 amide bonds. The molecule has 1 aromatic carbocycles. The van der Waals surface area contributed by atoms with Gasteiger partial charge in [-0.15, -0.1) is 0 Å². The van der Waals surface area contributed by atoms with E-state index >= 15 is 0 Å². The number of nitrogens with one attached hydrogen (secondary N) is 1. The van der Waals surface area contributed by atoms with Crippen molar-refractivity contribution in [3.05, 3.63) is 74.4 Å². The number of carbonyl (C=O) groups is 1. The molecule has 0 saturated carbocycles. The van der Waals surface area contributed by atoms with Gasteiger partial charge in [-0.3, -0.25) is 4.79 Å². The molecule has 208 valence electrons. The maximum Gasteiger partial charge on any atom is 0.409 e. The Bertz CT molecular complexity index is 1370. The first-order valence-corrected chi connectivity index (χ1v) is 13.9. The Kier molecular flexibility index (Phi) is 9.83. The quantitative estimate of drug-likeness (QED) is 0.361. The lowest BCUT2D eigenvalue weighted by Gasteiger charge is -2.22. The molecule has 4 rings (SSSR count). The average Bonchev–Trinajstić information content (AvgIpc) is 3.32. The van der Waals surface area contributed by atoms with Crippen molar-refractivity contribution in [1.82, 2.24) is 19.4 Å². The van der Waals surface area contributed by atoms with Gasteiger partial charge in [-0.1, -0.05) is 43.1 Å². The molecule has 3 heterocycles. The zero-order valence-electron chi connectivity index (χ0n) is 22.3. The summed E-state index contributed by atoms with van der Waals surface area (Å²) in [5.74, 6) is 0.663. The molecule has 9 nitrogen and oxygen atoms in total. The Morgan fingerprint density at radius 2 is 1.87 bits per heavy atom. The number of amides is 1. The van der Waals surface area contributed by atoms with E-state index in [1.165, 1.54) is 10.6 Å². The second kappa shape index (κ2) is 13.3. The summed E-state index contributed by atoms with van der Waals surface area (Å²) in [4.78, 5) is 36.2. The zero-order chi connectivity index (χ0) is 27.9. The van der Waals surface area contributed by atoms with Crippen molar-refractivity contribution in [2.24, 2.45) is 0 Å². The zero-order valence-corrected chi connectivity index (χ0v) is 23.8. The first kappa shape index (κ1) is 28.9. The van der Waals surface area contributed by atoms with Crippen LogP contribution in [0.25, 0.3) is 11.3 Å². The number of hydrogen-bond donors (Lipinski definition) is 1. The predicted molar refractivity (Wildman–Crippen MR) is 153 cm³/mol. The highest BCUT2D eigenvalue weighted by Gasteiger charge is 2.37. The van der Waals surface area contributed by atoms with E-state index in [1.54, 1.807) is 35.4 Å². The third-order valence-corrected chi connectivity index (χ3v) is 7.13. The highest BCUT2D eigenvalue weighted by molar-refractivity contribution is 6.36. The van der Waals surface area contributed by atoms with Crippen molar-refractivity contribution >= 4 is 35.1 Å². The lowest BCUT2D eigenvalue weighted by molar-refractivity contribution is 0.0585. The van der Waals surface area contributed by atoms with Gasteiger partial charge < -0.3 is 24.3 Å². The molecule has 2 atom stereocenters.